The number of rotatable bonds is 2. The van der Waals surface area contributed by atoms with Gasteiger partial charge in [-0.1, -0.05) is 11.6 Å². The first-order chi connectivity index (χ1) is 7.24. The second-order valence-corrected chi connectivity index (χ2v) is 3.39. The van der Waals surface area contributed by atoms with Crippen molar-refractivity contribution in [3.63, 3.8) is 0 Å². The van der Waals surface area contributed by atoms with Gasteiger partial charge in [0.2, 0.25) is 6.86 Å². The van der Waals surface area contributed by atoms with Gasteiger partial charge < -0.3 is 0 Å². The van der Waals surface area contributed by atoms with Crippen LogP contribution in [-0.4, -0.2) is 29.4 Å². The van der Waals surface area contributed by atoms with Crippen molar-refractivity contribution < 1.29 is 14.0 Å². The van der Waals surface area contributed by atoms with Gasteiger partial charge in [0.1, 0.15) is 5.15 Å². The Hall–Kier alpha value is -1.20. The van der Waals surface area contributed by atoms with Gasteiger partial charge in [0, 0.05) is 6.20 Å². The molecule has 1 aliphatic heterocycles. The van der Waals surface area contributed by atoms with E-state index < -0.39 is 12.8 Å². The Morgan fingerprint density at radius 1 is 1.67 bits per heavy atom. The summed E-state index contributed by atoms with van der Waals surface area (Å²) < 4.78 is 12.0. The van der Waals surface area contributed by atoms with Crippen LogP contribution in [0, 0.1) is 0 Å². The molecular formula is C9H8ClFN2O2. The zero-order chi connectivity index (χ0) is 10.8. The Balaban J connectivity index is 2.36. The minimum Gasteiger partial charge on any atom is -0.267 e. The van der Waals surface area contributed by atoms with Gasteiger partial charge >= 0.3 is 0 Å². The molecule has 1 amide bonds. The molecule has 80 valence electrons. The van der Waals surface area contributed by atoms with Crippen LogP contribution < -0.4 is 0 Å². The summed E-state index contributed by atoms with van der Waals surface area (Å²) in [4.78, 5) is 20.1. The van der Waals surface area contributed by atoms with E-state index in [0.717, 1.165) is 10.6 Å². The summed E-state index contributed by atoms with van der Waals surface area (Å²) in [5.74, 6) is -0.438. The van der Waals surface area contributed by atoms with E-state index in [0.29, 0.717) is 18.5 Å². The normalized spacial score (nSPS) is 15.3. The molecule has 1 aromatic rings. The average molecular weight is 231 g/mol. The number of carbonyl (C=O) groups excluding carboxylic acids is 1. The Bertz CT molecular complexity index is 400. The first-order valence-corrected chi connectivity index (χ1v) is 4.76. The number of alkyl halides is 1. The van der Waals surface area contributed by atoms with E-state index in [2.05, 4.69) is 9.82 Å². The van der Waals surface area contributed by atoms with Crippen molar-refractivity contribution >= 4 is 17.5 Å². The predicted molar refractivity (Wildman–Crippen MR) is 51.0 cm³/mol. The van der Waals surface area contributed by atoms with E-state index >= 15 is 0 Å². The molecule has 0 unspecified atom stereocenters. The SMILES string of the molecule is O=C1c2c(ccnc2Cl)CCN1OCF. The molecule has 4 nitrogen and oxygen atoms in total. The molecule has 0 radical (unpaired) electrons. The van der Waals surface area contributed by atoms with Crippen LogP contribution in [0.15, 0.2) is 12.3 Å². The second kappa shape index (κ2) is 4.12. The number of hydrogen-bond donors (Lipinski definition) is 0. The lowest BCUT2D eigenvalue weighted by Crippen LogP contribution is -2.37. The molecule has 0 saturated carbocycles. The molecule has 0 aliphatic carbocycles. The van der Waals surface area contributed by atoms with Crippen molar-refractivity contribution in [2.24, 2.45) is 0 Å². The number of hydrogen-bond acceptors (Lipinski definition) is 3. The van der Waals surface area contributed by atoms with E-state index in [9.17, 15) is 9.18 Å². The topological polar surface area (TPSA) is 42.4 Å². The number of fused-ring (bicyclic) bond motifs is 1. The minimum atomic E-state index is -1.03. The first-order valence-electron chi connectivity index (χ1n) is 4.38. The van der Waals surface area contributed by atoms with Gasteiger partial charge in [-0.3, -0.25) is 4.79 Å². The summed E-state index contributed by atoms with van der Waals surface area (Å²) in [5.41, 5.74) is 1.12. The van der Waals surface area contributed by atoms with Crippen molar-refractivity contribution in [1.82, 2.24) is 10.0 Å². The number of aromatic nitrogens is 1. The lowest BCUT2D eigenvalue weighted by Gasteiger charge is -2.26. The second-order valence-electron chi connectivity index (χ2n) is 3.03. The third kappa shape index (κ3) is 1.80. The standard InChI is InChI=1S/C9H8ClFN2O2/c10-8-7-6(1-3-12-8)2-4-13(9(7)14)15-5-11/h1,3H,2,4-5H2. The Kier molecular flexibility index (Phi) is 2.83. The molecule has 2 heterocycles. The van der Waals surface area contributed by atoms with E-state index in [1.165, 1.54) is 0 Å². The largest absolute Gasteiger partial charge is 0.280 e. The summed E-state index contributed by atoms with van der Waals surface area (Å²) in [7, 11) is 0. The van der Waals surface area contributed by atoms with Crippen molar-refractivity contribution in [2.45, 2.75) is 6.42 Å². The number of halogens is 2. The number of nitrogens with zero attached hydrogens (tertiary/aromatic N) is 2. The van der Waals surface area contributed by atoms with Gasteiger partial charge in [-0.2, -0.15) is 0 Å². The van der Waals surface area contributed by atoms with Gasteiger partial charge in [0.25, 0.3) is 5.91 Å². The van der Waals surface area contributed by atoms with Gasteiger partial charge in [-0.05, 0) is 18.1 Å². The van der Waals surface area contributed by atoms with E-state index in [1.807, 2.05) is 0 Å². The van der Waals surface area contributed by atoms with Crippen LogP contribution in [0.25, 0.3) is 0 Å². The highest BCUT2D eigenvalue weighted by Gasteiger charge is 2.27. The fourth-order valence-corrected chi connectivity index (χ4v) is 1.80. The molecule has 0 aromatic carbocycles. The third-order valence-corrected chi connectivity index (χ3v) is 2.51. The van der Waals surface area contributed by atoms with Crippen LogP contribution in [0.3, 0.4) is 0 Å². The minimum absolute atomic E-state index is 0.129. The Labute approximate surface area is 90.6 Å². The molecule has 0 saturated heterocycles. The molecule has 15 heavy (non-hydrogen) atoms. The Morgan fingerprint density at radius 2 is 2.47 bits per heavy atom. The smallest absolute Gasteiger partial charge is 0.267 e. The zero-order valence-corrected chi connectivity index (χ0v) is 8.50. The lowest BCUT2D eigenvalue weighted by atomic mass is 10.0. The number of hydroxylamine groups is 2. The molecular weight excluding hydrogens is 223 g/mol. The average Bonchev–Trinajstić information content (AvgIpc) is 2.22. The molecule has 0 fully saturated rings. The maximum absolute atomic E-state index is 12.0. The molecule has 0 N–H and O–H groups in total. The maximum atomic E-state index is 12.0. The fraction of sp³-hybridized carbons (Fsp3) is 0.333. The van der Waals surface area contributed by atoms with Gasteiger partial charge in [-0.25, -0.2) is 19.3 Å². The zero-order valence-electron chi connectivity index (χ0n) is 7.74. The summed E-state index contributed by atoms with van der Waals surface area (Å²) >= 11 is 5.79. The summed E-state index contributed by atoms with van der Waals surface area (Å²) in [6.07, 6.45) is 2.13. The van der Waals surface area contributed by atoms with Crippen molar-refractivity contribution in [1.29, 1.82) is 0 Å². The highest BCUT2D eigenvalue weighted by atomic mass is 35.5. The lowest BCUT2D eigenvalue weighted by molar-refractivity contribution is -0.155. The molecule has 0 spiro atoms. The van der Waals surface area contributed by atoms with E-state index in [4.69, 9.17) is 11.6 Å². The number of pyridine rings is 1. The van der Waals surface area contributed by atoms with Crippen LogP contribution in [0.1, 0.15) is 15.9 Å². The summed E-state index contributed by atoms with van der Waals surface area (Å²) in [6, 6.07) is 1.73. The van der Waals surface area contributed by atoms with Gasteiger partial charge in [-0.15, -0.1) is 0 Å². The van der Waals surface area contributed by atoms with Gasteiger partial charge in [0.05, 0.1) is 12.1 Å². The Morgan fingerprint density at radius 3 is 3.20 bits per heavy atom. The highest BCUT2D eigenvalue weighted by molar-refractivity contribution is 6.32. The maximum Gasteiger partial charge on any atom is 0.280 e. The van der Waals surface area contributed by atoms with E-state index in [1.54, 1.807) is 12.3 Å². The van der Waals surface area contributed by atoms with Crippen LogP contribution in [0.5, 0.6) is 0 Å². The van der Waals surface area contributed by atoms with Crippen LogP contribution in [0.4, 0.5) is 4.39 Å². The number of carbonyl (C=O) groups is 1. The van der Waals surface area contributed by atoms with Crippen molar-refractivity contribution in [3.8, 4) is 0 Å². The molecule has 6 heteroatoms. The molecule has 0 bridgehead atoms. The van der Waals surface area contributed by atoms with Crippen LogP contribution >= 0.6 is 11.6 Å². The molecule has 1 aliphatic rings. The third-order valence-electron chi connectivity index (χ3n) is 2.22. The predicted octanol–water partition coefficient (Wildman–Crippen LogP) is 1.59. The number of amides is 1. The first kappa shape index (κ1) is 10.3. The van der Waals surface area contributed by atoms with Gasteiger partial charge in [0.15, 0.2) is 0 Å². The summed E-state index contributed by atoms with van der Waals surface area (Å²) in [5, 5.41) is 1.10. The monoisotopic (exact) mass is 230 g/mol. The molecule has 0 atom stereocenters. The highest BCUT2D eigenvalue weighted by Crippen LogP contribution is 2.24. The molecule has 2 rings (SSSR count). The quantitative estimate of drug-likeness (QED) is 0.725. The van der Waals surface area contributed by atoms with Crippen molar-refractivity contribution in [3.05, 3.63) is 28.5 Å². The van der Waals surface area contributed by atoms with E-state index in [-0.39, 0.29) is 5.15 Å². The molecule has 1 aromatic heterocycles. The summed E-state index contributed by atoms with van der Waals surface area (Å²) in [6.45, 7) is -0.699. The van der Waals surface area contributed by atoms with Crippen LogP contribution in [0.2, 0.25) is 5.15 Å². The van der Waals surface area contributed by atoms with Crippen molar-refractivity contribution in [2.75, 3.05) is 13.4 Å². The fourth-order valence-electron chi connectivity index (χ4n) is 1.54. The van der Waals surface area contributed by atoms with Crippen LogP contribution in [-0.2, 0) is 11.3 Å².